The molecule has 1 heterocycles. The second-order valence-corrected chi connectivity index (χ2v) is 8.12. The summed E-state index contributed by atoms with van der Waals surface area (Å²) in [6.07, 6.45) is 6.18. The average Bonchev–Trinajstić information content (AvgIpc) is 2.85. The van der Waals surface area contributed by atoms with Gasteiger partial charge in [-0.1, -0.05) is 19.3 Å². The number of benzene rings is 1. The van der Waals surface area contributed by atoms with Crippen LogP contribution in [-0.4, -0.2) is 23.4 Å². The average molecular weight is 336 g/mol. The Hall–Kier alpha value is -1.20. The highest BCUT2D eigenvalue weighted by Crippen LogP contribution is 2.44. The number of thioether (sulfide) groups is 1. The van der Waals surface area contributed by atoms with Crippen LogP contribution >= 0.6 is 23.1 Å². The number of aromatic carboxylic acids is 1. The van der Waals surface area contributed by atoms with Gasteiger partial charge in [0.15, 0.2) is 0 Å². The fourth-order valence-electron chi connectivity index (χ4n) is 3.03. The van der Waals surface area contributed by atoms with E-state index in [0.29, 0.717) is 10.1 Å². The van der Waals surface area contributed by atoms with Gasteiger partial charge in [0.05, 0.1) is 7.11 Å². The Balaban J connectivity index is 2.07. The summed E-state index contributed by atoms with van der Waals surface area (Å²) >= 11 is 3.13. The van der Waals surface area contributed by atoms with Crippen molar-refractivity contribution < 1.29 is 14.6 Å². The van der Waals surface area contributed by atoms with Gasteiger partial charge in [0.25, 0.3) is 0 Å². The Morgan fingerprint density at radius 3 is 2.68 bits per heavy atom. The van der Waals surface area contributed by atoms with Crippen molar-refractivity contribution in [3.8, 4) is 5.75 Å². The van der Waals surface area contributed by atoms with E-state index in [9.17, 15) is 9.90 Å². The Morgan fingerprint density at radius 1 is 1.32 bits per heavy atom. The predicted octanol–water partition coefficient (Wildman–Crippen LogP) is 5.34. The molecule has 0 amide bonds. The Labute approximate surface area is 138 Å². The predicted molar refractivity (Wildman–Crippen MR) is 92.8 cm³/mol. The van der Waals surface area contributed by atoms with E-state index in [-0.39, 0.29) is 0 Å². The smallest absolute Gasteiger partial charge is 0.347 e. The first-order valence-electron chi connectivity index (χ1n) is 7.61. The van der Waals surface area contributed by atoms with Gasteiger partial charge in [-0.3, -0.25) is 0 Å². The molecule has 3 nitrogen and oxygen atoms in total. The molecule has 5 heteroatoms. The minimum Gasteiger partial charge on any atom is -0.496 e. The Bertz CT molecular complexity index is 699. The molecule has 0 unspecified atom stereocenters. The number of hydrogen-bond acceptors (Lipinski definition) is 4. The lowest BCUT2D eigenvalue weighted by Gasteiger charge is -2.21. The van der Waals surface area contributed by atoms with Crippen LogP contribution < -0.4 is 4.74 Å². The number of carboxylic acid groups (broad SMARTS) is 1. The molecule has 1 fully saturated rings. The lowest BCUT2D eigenvalue weighted by atomic mass is 10.0. The molecular formula is C17H20O3S2. The maximum absolute atomic E-state index is 11.6. The fraction of sp³-hybridized carbons (Fsp3) is 0.471. The van der Waals surface area contributed by atoms with Crippen LogP contribution in [-0.2, 0) is 0 Å². The molecule has 0 radical (unpaired) electrons. The van der Waals surface area contributed by atoms with Crippen LogP contribution in [0, 0.1) is 6.92 Å². The molecule has 1 saturated carbocycles. The molecule has 0 atom stereocenters. The summed E-state index contributed by atoms with van der Waals surface area (Å²) in [6, 6.07) is 4.04. The molecular weight excluding hydrogens is 316 g/mol. The van der Waals surface area contributed by atoms with E-state index in [1.807, 2.05) is 19.1 Å². The number of fused-ring (bicyclic) bond motifs is 1. The molecule has 1 aromatic carbocycles. The highest BCUT2D eigenvalue weighted by atomic mass is 32.2. The van der Waals surface area contributed by atoms with Crippen molar-refractivity contribution in [3.05, 3.63) is 22.6 Å². The van der Waals surface area contributed by atoms with Gasteiger partial charge in [-0.2, -0.15) is 0 Å². The molecule has 1 N–H and O–H groups in total. The molecule has 1 aromatic heterocycles. The quantitative estimate of drug-likeness (QED) is 0.818. The van der Waals surface area contributed by atoms with E-state index >= 15 is 0 Å². The maximum Gasteiger partial charge on any atom is 0.347 e. The van der Waals surface area contributed by atoms with Gasteiger partial charge in [0.1, 0.15) is 10.6 Å². The largest absolute Gasteiger partial charge is 0.496 e. The van der Waals surface area contributed by atoms with Crippen LogP contribution in [0.4, 0.5) is 0 Å². The second-order valence-electron chi connectivity index (χ2n) is 5.76. The topological polar surface area (TPSA) is 46.5 Å². The molecule has 118 valence electrons. The van der Waals surface area contributed by atoms with Crippen molar-refractivity contribution in [2.24, 2.45) is 0 Å². The van der Waals surface area contributed by atoms with Crippen LogP contribution in [0.15, 0.2) is 17.0 Å². The SMILES string of the molecule is COc1cc2c(SC3CCCCC3)c(C(=O)O)sc2cc1C. The van der Waals surface area contributed by atoms with Crippen molar-refractivity contribution in [2.75, 3.05) is 7.11 Å². The molecule has 0 saturated heterocycles. The van der Waals surface area contributed by atoms with E-state index in [4.69, 9.17) is 4.74 Å². The van der Waals surface area contributed by atoms with Gasteiger partial charge in [-0.05, 0) is 37.5 Å². The first kappa shape index (κ1) is 15.7. The van der Waals surface area contributed by atoms with E-state index in [1.54, 1.807) is 18.9 Å². The van der Waals surface area contributed by atoms with Crippen LogP contribution in [0.2, 0.25) is 0 Å². The lowest BCUT2D eigenvalue weighted by Crippen LogP contribution is -2.08. The molecule has 3 rings (SSSR count). The Kier molecular flexibility index (Phi) is 4.64. The number of aryl methyl sites for hydroxylation is 1. The third-order valence-corrected chi connectivity index (χ3v) is 6.93. The van der Waals surface area contributed by atoms with Gasteiger partial charge in [-0.15, -0.1) is 23.1 Å². The van der Waals surface area contributed by atoms with Gasteiger partial charge >= 0.3 is 5.97 Å². The highest BCUT2D eigenvalue weighted by molar-refractivity contribution is 8.00. The van der Waals surface area contributed by atoms with Crippen LogP contribution in [0.5, 0.6) is 5.75 Å². The van der Waals surface area contributed by atoms with Gasteiger partial charge < -0.3 is 9.84 Å². The van der Waals surface area contributed by atoms with E-state index in [2.05, 4.69) is 0 Å². The van der Waals surface area contributed by atoms with Crippen LogP contribution in [0.1, 0.15) is 47.3 Å². The molecule has 22 heavy (non-hydrogen) atoms. The standard InChI is InChI=1S/C17H20O3S2/c1-10-8-14-12(9-13(10)20-2)15(16(22-14)17(18)19)21-11-6-4-3-5-7-11/h8-9,11H,3-7H2,1-2H3,(H,18,19). The molecule has 2 aromatic rings. The Morgan fingerprint density at radius 2 is 2.05 bits per heavy atom. The number of thiophene rings is 1. The summed E-state index contributed by atoms with van der Waals surface area (Å²) in [6.45, 7) is 1.99. The zero-order chi connectivity index (χ0) is 15.7. The lowest BCUT2D eigenvalue weighted by molar-refractivity contribution is 0.0699. The number of carbonyl (C=O) groups is 1. The van der Waals surface area contributed by atoms with Gasteiger partial charge in [0.2, 0.25) is 0 Å². The molecule has 0 aliphatic heterocycles. The molecule has 1 aliphatic rings. The van der Waals surface area contributed by atoms with Crippen molar-refractivity contribution in [2.45, 2.75) is 49.2 Å². The van der Waals surface area contributed by atoms with Gasteiger partial charge in [-0.25, -0.2) is 4.79 Å². The molecule has 0 spiro atoms. The van der Waals surface area contributed by atoms with E-state index < -0.39 is 5.97 Å². The van der Waals surface area contributed by atoms with Crippen LogP contribution in [0.25, 0.3) is 10.1 Å². The number of rotatable bonds is 4. The maximum atomic E-state index is 11.6. The third kappa shape index (κ3) is 2.97. The summed E-state index contributed by atoms with van der Waals surface area (Å²) in [5.74, 6) is 0.00358. The fourth-order valence-corrected chi connectivity index (χ4v) is 5.77. The highest BCUT2D eigenvalue weighted by Gasteiger charge is 2.23. The second kappa shape index (κ2) is 6.50. The monoisotopic (exact) mass is 336 g/mol. The zero-order valence-corrected chi connectivity index (χ0v) is 14.5. The normalized spacial score (nSPS) is 16.1. The summed E-state index contributed by atoms with van der Waals surface area (Å²) in [5.41, 5.74) is 1.04. The van der Waals surface area contributed by atoms with Crippen molar-refractivity contribution in [3.63, 3.8) is 0 Å². The first-order valence-corrected chi connectivity index (χ1v) is 9.31. The summed E-state index contributed by atoms with van der Waals surface area (Å²) in [5, 5.41) is 11.1. The summed E-state index contributed by atoms with van der Waals surface area (Å²) in [7, 11) is 1.66. The van der Waals surface area contributed by atoms with Gasteiger partial charge in [0, 0.05) is 20.2 Å². The minimum atomic E-state index is -0.823. The molecule has 1 aliphatic carbocycles. The summed E-state index contributed by atoms with van der Waals surface area (Å²) < 4.78 is 6.45. The number of hydrogen-bond donors (Lipinski definition) is 1. The molecule has 0 bridgehead atoms. The van der Waals surface area contributed by atoms with Crippen LogP contribution in [0.3, 0.4) is 0 Å². The number of methoxy groups -OCH3 is 1. The van der Waals surface area contributed by atoms with Crippen molar-refractivity contribution in [1.29, 1.82) is 0 Å². The number of ether oxygens (including phenoxy) is 1. The van der Waals surface area contributed by atoms with Crippen molar-refractivity contribution in [1.82, 2.24) is 0 Å². The van der Waals surface area contributed by atoms with Crippen molar-refractivity contribution >= 4 is 39.2 Å². The van der Waals surface area contributed by atoms with E-state index in [1.165, 1.54) is 43.4 Å². The minimum absolute atomic E-state index is 0.471. The first-order chi connectivity index (χ1) is 10.6. The summed E-state index contributed by atoms with van der Waals surface area (Å²) in [4.78, 5) is 13.0. The number of carboxylic acids is 1. The van der Waals surface area contributed by atoms with E-state index in [0.717, 1.165) is 26.3 Å². The third-order valence-electron chi connectivity index (χ3n) is 4.19. The zero-order valence-electron chi connectivity index (χ0n) is 12.8.